The Bertz CT molecular complexity index is 7030. The fraction of sp³-hybridized carbons (Fsp3) is 0.267. The first-order valence-corrected chi connectivity index (χ1v) is 49.9. The van der Waals surface area contributed by atoms with Gasteiger partial charge in [-0.1, -0.05) is 266 Å². The highest BCUT2D eigenvalue weighted by Crippen LogP contribution is 2.21. The molecule has 0 saturated heterocycles. The van der Waals surface area contributed by atoms with Gasteiger partial charge in [-0.2, -0.15) is 0 Å². The van der Waals surface area contributed by atoms with Crippen molar-refractivity contribution in [3.8, 4) is 0 Å². The van der Waals surface area contributed by atoms with E-state index in [1.807, 2.05) is 235 Å². The van der Waals surface area contributed by atoms with E-state index < -0.39 is 0 Å². The molecule has 0 aliphatic carbocycles. The van der Waals surface area contributed by atoms with Crippen molar-refractivity contribution in [2.45, 2.75) is 207 Å². The van der Waals surface area contributed by atoms with Crippen LogP contribution in [-0.4, -0.2) is 76.3 Å². The van der Waals surface area contributed by atoms with Gasteiger partial charge in [-0.05, 0) is 152 Å². The van der Waals surface area contributed by atoms with Gasteiger partial charge in [0.15, 0.2) is 67.9 Å². The molecule has 149 heavy (non-hydrogen) atoms. The third-order valence-corrected chi connectivity index (χ3v) is 24.3. The number of carbonyl (C=O) groups is 6. The number of hydrogen-bond acceptors (Lipinski definition) is 20. The molecule has 0 bridgehead atoms. The van der Waals surface area contributed by atoms with Crippen molar-refractivity contribution in [1.29, 1.82) is 0 Å². The lowest BCUT2D eigenvalue weighted by Crippen LogP contribution is -2.40. The van der Waals surface area contributed by atoms with E-state index in [4.69, 9.17) is 27.1 Å². The second-order valence-electron chi connectivity index (χ2n) is 37.4. The number of aromatic nitrogens is 14. The van der Waals surface area contributed by atoms with E-state index in [9.17, 15) is 41.9 Å². The fourth-order valence-corrected chi connectivity index (χ4v) is 16.3. The second kappa shape index (κ2) is 57.2. The van der Waals surface area contributed by atoms with Gasteiger partial charge >= 0.3 is 0 Å². The Morgan fingerprint density at radius 1 is 0.235 bits per heavy atom. The number of nitrogens with zero attached hydrogens (tertiary/aromatic N) is 14. The zero-order valence-corrected chi connectivity index (χ0v) is 85.0. The van der Waals surface area contributed by atoms with E-state index >= 15 is 0 Å². The highest BCUT2D eigenvalue weighted by molar-refractivity contribution is 5.85. The molecule has 8 heterocycles. The van der Waals surface area contributed by atoms with Crippen molar-refractivity contribution in [2.75, 3.05) is 0 Å². The summed E-state index contributed by atoms with van der Waals surface area (Å²) >= 11 is 0. The molecule has 6 unspecified atom stereocenters. The van der Waals surface area contributed by atoms with Crippen LogP contribution in [0.15, 0.2) is 386 Å². The molecule has 0 N–H and O–H groups in total. The Hall–Kier alpha value is -16.9. The normalized spacial score (nSPS) is 12.1. The smallest absolute Gasteiger partial charge is 0.241 e. The highest BCUT2D eigenvalue weighted by atomic mass is 19.1. The van der Waals surface area contributed by atoms with E-state index in [2.05, 4.69) is 123 Å². The van der Waals surface area contributed by atoms with Gasteiger partial charge in [0.1, 0.15) is 52.2 Å². The summed E-state index contributed by atoms with van der Waals surface area (Å²) in [6.07, 6.45) is 21.7. The van der Waals surface area contributed by atoms with Gasteiger partial charge in [0.25, 0.3) is 0 Å². The Morgan fingerprint density at radius 3 is 0.752 bits per heavy atom. The van der Waals surface area contributed by atoms with Crippen LogP contribution in [0.3, 0.4) is 0 Å². The van der Waals surface area contributed by atoms with Crippen molar-refractivity contribution >= 4 is 34.7 Å². The Kier molecular flexibility index (Phi) is 42.0. The maximum Gasteiger partial charge on any atom is 0.241 e. The summed E-state index contributed by atoms with van der Waals surface area (Å²) in [6.45, 7) is 16.2. The summed E-state index contributed by atoms with van der Waals surface area (Å²) in [5.41, 5.74) is 13.6. The minimum absolute atomic E-state index is 0.0480. The molecule has 29 heteroatoms. The van der Waals surface area contributed by atoms with Crippen LogP contribution in [0.1, 0.15) is 191 Å². The molecule has 0 aliphatic heterocycles. The number of Topliss-reactive ketones (excluding diaryl/α,β-unsaturated/α-hetero) is 6. The topological polar surface area (TPSA) is 308 Å². The molecule has 0 radical (unpaired) electrons. The number of rotatable bonds is 42. The van der Waals surface area contributed by atoms with E-state index in [1.165, 1.54) is 57.6 Å². The van der Waals surface area contributed by atoms with Crippen LogP contribution in [0.25, 0.3) is 0 Å². The monoisotopic (exact) mass is 2010 g/mol. The molecule has 0 fully saturated rings. The quantitative estimate of drug-likeness (QED) is 0.0321. The predicted octanol–water partition coefficient (Wildman–Crippen LogP) is 18.5. The third kappa shape index (κ3) is 37.6. The van der Waals surface area contributed by atoms with Crippen LogP contribution in [-0.2, 0) is 144 Å². The van der Waals surface area contributed by atoms with Gasteiger partial charge in [0, 0.05) is 142 Å². The van der Waals surface area contributed by atoms with Gasteiger partial charge in [-0.3, -0.25) is 38.7 Å². The van der Waals surface area contributed by atoms with Crippen molar-refractivity contribution in [3.63, 3.8) is 0 Å². The molecule has 8 aromatic heterocycles. The van der Waals surface area contributed by atoms with E-state index in [0.717, 1.165) is 65.7 Å². The summed E-state index contributed by atoms with van der Waals surface area (Å²) in [5.74, 6) is 2.46. The van der Waals surface area contributed by atoms with Crippen LogP contribution in [0.5, 0.6) is 0 Å². The van der Waals surface area contributed by atoms with Crippen LogP contribution in [0.2, 0.25) is 0 Å². The second-order valence-corrected chi connectivity index (χ2v) is 37.4. The van der Waals surface area contributed by atoms with Gasteiger partial charge in [-0.25, -0.2) is 13.2 Å². The predicted molar refractivity (Wildman–Crippen MR) is 547 cm³/mol. The van der Waals surface area contributed by atoms with Crippen LogP contribution < -0.4 is 28.1 Å². The molecule has 0 amide bonds. The molecular weight excluding hydrogens is 1890 g/mol. The third-order valence-electron chi connectivity index (χ3n) is 24.3. The highest BCUT2D eigenvalue weighted by Gasteiger charge is 2.30. The molecular formula is C120H125F3N14O12+6. The first-order valence-electron chi connectivity index (χ1n) is 49.9. The summed E-state index contributed by atoms with van der Waals surface area (Å²) in [7, 11) is 0. The van der Waals surface area contributed by atoms with Crippen molar-refractivity contribution in [3.05, 3.63) is 489 Å². The average molecular weight is 2010 g/mol. The minimum atomic E-state index is -0.361. The molecule has 762 valence electrons. The van der Waals surface area contributed by atoms with Gasteiger partial charge in [0.2, 0.25) is 71.7 Å². The number of benzene rings is 10. The van der Waals surface area contributed by atoms with E-state index in [0.29, 0.717) is 77.8 Å². The number of aryl methyl sites for hydroxylation is 2. The van der Waals surface area contributed by atoms with Crippen LogP contribution in [0.4, 0.5) is 13.2 Å². The summed E-state index contributed by atoms with van der Waals surface area (Å²) in [6, 6.07) is 98.2. The molecule has 18 rings (SSSR count). The number of ketones is 6. The molecule has 0 saturated carbocycles. The van der Waals surface area contributed by atoms with Crippen LogP contribution >= 0.6 is 0 Å². The lowest BCUT2D eigenvalue weighted by Gasteiger charge is -2.02. The maximum atomic E-state index is 13.9. The standard InChI is InChI=1S/C21H22FN2O2.C21H23N2O2.2C20H20FN2O2.2C19H20N3O2/c1-15-8-9-18(21(22)10-15)12-19(25)13-20-14-24(23-26-20)16(2)11-17-6-4-3-5-7-17;1-16-8-10-19(11-9-16)13-20(24)14-21-15-23(22-25-21)17(2)12-18-6-4-3-5-7-18;1-15(11-16-7-3-2-4-8-16)23-14-19(25-22-23)13-18(24)12-17-9-5-6-10-20(17)21;1-15(11-17-7-9-18(21)10-8-17)23-14-20(25-22-23)13-19(24)12-16-5-3-2-4-6-16;2*1-15(11-16-7-3-2-4-8-16)22-14-19(24-21-22)13-18(23)12-17-9-5-6-10-20-17/h3-10,14,16H,11-13H2,1-2H3;3-11,15,17H,12-14H2,1-2H3;2*2-10,14-15H,11-13H2,1H3;2*2-10,14-15H,11-13H2,1H3/q6*+1. The van der Waals surface area contributed by atoms with E-state index in [1.54, 1.807) is 102 Å². The SMILES string of the molecule is CC(Cc1ccc(F)cc1)[n+]1cc(CC(=O)Cc2ccccc2)on1.CC(Cc1ccccc1)[n+]1cc(CC(=O)Cc2ccccc2F)on1.CC(Cc1ccccc1)[n+]1cc(CC(=O)Cc2ccccn2)on1.CC(Cc1ccccc1)[n+]1cc(CC(=O)Cc2ccccn2)on1.Cc1ccc(CC(=O)Cc2c[n+](C(C)Cc3ccccc3)no2)c(F)c1.Cc1ccc(CC(=O)Cc2c[n+](C(C)Cc3ccccc3)no2)cc1. The van der Waals surface area contributed by atoms with Crippen LogP contribution in [0, 0.1) is 31.3 Å². The van der Waals surface area contributed by atoms with Crippen molar-refractivity contribution in [2.24, 2.45) is 0 Å². The first-order chi connectivity index (χ1) is 72.2. The van der Waals surface area contributed by atoms with E-state index in [-0.39, 0.29) is 140 Å². The van der Waals surface area contributed by atoms with Gasteiger partial charge in [-0.15, -0.1) is 0 Å². The Balaban J connectivity index is 0.000000149. The lowest BCUT2D eigenvalue weighted by molar-refractivity contribution is -0.782. The fourth-order valence-electron chi connectivity index (χ4n) is 16.3. The molecule has 6 atom stereocenters. The summed E-state index contributed by atoms with van der Waals surface area (Å²) in [5, 5.41) is 24.2. The largest absolute Gasteiger partial charge is 0.305 e. The van der Waals surface area contributed by atoms with Gasteiger partial charge < -0.3 is 27.1 Å². The number of pyridine rings is 2. The summed E-state index contributed by atoms with van der Waals surface area (Å²) in [4.78, 5) is 81.3. The Labute approximate surface area is 864 Å². The summed E-state index contributed by atoms with van der Waals surface area (Å²) < 4.78 is 82.7. The average Bonchev–Trinajstić information content (AvgIpc) is 1.73. The number of carbonyl (C=O) groups excluding carboxylic acids is 6. The molecule has 18 aromatic rings. The van der Waals surface area contributed by atoms with Crippen molar-refractivity contribution < 1.29 is 97.2 Å². The number of hydrogen-bond donors (Lipinski definition) is 0. The number of halogens is 3. The van der Waals surface area contributed by atoms with Crippen molar-refractivity contribution in [1.82, 2.24) is 41.6 Å². The molecule has 0 aliphatic rings. The molecule has 26 nitrogen and oxygen atoms in total. The molecule has 10 aromatic carbocycles. The lowest BCUT2D eigenvalue weighted by atomic mass is 10.0. The van der Waals surface area contributed by atoms with Gasteiger partial charge in [0.05, 0.1) is 38.5 Å². The Morgan fingerprint density at radius 2 is 0.470 bits per heavy atom. The minimum Gasteiger partial charge on any atom is -0.305 e. The zero-order valence-electron chi connectivity index (χ0n) is 85.0. The molecule has 0 spiro atoms. The first kappa shape index (κ1) is 109. The zero-order chi connectivity index (χ0) is 105. The maximum absolute atomic E-state index is 13.9.